The Labute approximate surface area is 194 Å². The van der Waals surface area contributed by atoms with Crippen LogP contribution in [-0.2, 0) is 15.1 Å². The summed E-state index contributed by atoms with van der Waals surface area (Å²) in [6, 6.07) is 36.7. The molecule has 0 bridgehead atoms. The summed E-state index contributed by atoms with van der Waals surface area (Å²) in [7, 11) is 1.55. The number of hydrogen-bond donors (Lipinski definition) is 1. The normalized spacial score (nSPS) is 11.6. The fraction of sp³-hybridized carbons (Fsp3) is 0.103. The number of methoxy groups -OCH3 is 1. The molecule has 1 unspecified atom stereocenters. The zero-order chi connectivity index (χ0) is 23.5. The molecule has 0 saturated carbocycles. The number of ether oxygens (including phenoxy) is 1. The zero-order valence-corrected chi connectivity index (χ0v) is 18.4. The molecule has 1 atom stereocenters. The molecule has 1 N–H and O–H groups in total. The van der Waals surface area contributed by atoms with Crippen LogP contribution in [0.1, 0.15) is 33.2 Å². The van der Waals surface area contributed by atoms with E-state index in [1.165, 1.54) is 0 Å². The molecule has 4 rings (SSSR count). The Morgan fingerprint density at radius 3 is 1.52 bits per heavy atom. The summed E-state index contributed by atoms with van der Waals surface area (Å²) >= 11 is 0. The summed E-state index contributed by atoms with van der Waals surface area (Å²) in [6.07, 6.45) is -0.235. The summed E-state index contributed by atoms with van der Waals surface area (Å²) in [4.78, 5) is 23.4. The van der Waals surface area contributed by atoms with Crippen LogP contribution in [0.25, 0.3) is 0 Å². The van der Waals surface area contributed by atoms with E-state index in [0.29, 0.717) is 11.1 Å². The third-order valence-corrected chi connectivity index (χ3v) is 5.32. The van der Waals surface area contributed by atoms with Crippen molar-refractivity contribution < 1.29 is 19.4 Å². The molecule has 166 valence electrons. The van der Waals surface area contributed by atoms with Gasteiger partial charge in [-0.1, -0.05) is 121 Å². The smallest absolute Gasteiger partial charge is 0.195 e. The van der Waals surface area contributed by atoms with Crippen molar-refractivity contribution in [2.75, 3.05) is 7.11 Å². The van der Waals surface area contributed by atoms with E-state index in [0.717, 1.165) is 17.4 Å². The number of benzene rings is 4. The fourth-order valence-electron chi connectivity index (χ4n) is 3.51. The number of rotatable bonds is 7. The standard InChI is InChI=1S/C15H14O2.C14H12O2/c1-17-15(12-16,13-8-4-2-5-9-13)14-10-6-3-7-11-14;15-13(11-7-3-1-4-8-11)14(16)12-9-5-2-6-10-12/h2-12H,1H3;1-10,13,15H. The summed E-state index contributed by atoms with van der Waals surface area (Å²) in [5.74, 6) is -0.271. The molecule has 0 aliphatic carbocycles. The van der Waals surface area contributed by atoms with Crippen molar-refractivity contribution in [3.8, 4) is 0 Å². The second-order valence-corrected chi connectivity index (χ2v) is 7.33. The zero-order valence-electron chi connectivity index (χ0n) is 18.4. The molecule has 0 aromatic heterocycles. The minimum absolute atomic E-state index is 0.271. The van der Waals surface area contributed by atoms with Crippen LogP contribution in [0.15, 0.2) is 121 Å². The van der Waals surface area contributed by atoms with Crippen molar-refractivity contribution in [3.63, 3.8) is 0 Å². The average Bonchev–Trinajstić information content (AvgIpc) is 2.91. The Morgan fingerprint density at radius 2 is 1.12 bits per heavy atom. The van der Waals surface area contributed by atoms with Crippen LogP contribution in [0.2, 0.25) is 0 Å². The van der Waals surface area contributed by atoms with Crippen molar-refractivity contribution in [1.29, 1.82) is 0 Å². The van der Waals surface area contributed by atoms with Crippen LogP contribution < -0.4 is 0 Å². The fourth-order valence-corrected chi connectivity index (χ4v) is 3.51. The predicted molar refractivity (Wildman–Crippen MR) is 129 cm³/mol. The third kappa shape index (κ3) is 5.69. The number of aldehydes is 1. The highest BCUT2D eigenvalue weighted by Gasteiger charge is 2.33. The quantitative estimate of drug-likeness (QED) is 0.311. The minimum atomic E-state index is -1.08. The van der Waals surface area contributed by atoms with E-state index < -0.39 is 11.7 Å². The Bertz CT molecular complexity index is 1090. The molecule has 0 aliphatic rings. The van der Waals surface area contributed by atoms with Gasteiger partial charge in [0.15, 0.2) is 17.7 Å². The monoisotopic (exact) mass is 438 g/mol. The highest BCUT2D eigenvalue weighted by molar-refractivity contribution is 5.99. The van der Waals surface area contributed by atoms with Crippen molar-refractivity contribution >= 4 is 12.1 Å². The number of ketones is 1. The molecule has 0 spiro atoms. The molecule has 4 nitrogen and oxygen atoms in total. The van der Waals surface area contributed by atoms with E-state index >= 15 is 0 Å². The molecule has 0 heterocycles. The van der Waals surface area contributed by atoms with Gasteiger partial charge < -0.3 is 9.84 Å². The molecular weight excluding hydrogens is 412 g/mol. The minimum Gasteiger partial charge on any atom is -0.380 e. The first-order valence-corrected chi connectivity index (χ1v) is 10.6. The van der Waals surface area contributed by atoms with Gasteiger partial charge in [-0.3, -0.25) is 9.59 Å². The lowest BCUT2D eigenvalue weighted by Crippen LogP contribution is -2.31. The van der Waals surface area contributed by atoms with Crippen LogP contribution >= 0.6 is 0 Å². The van der Waals surface area contributed by atoms with Crippen molar-refractivity contribution in [2.45, 2.75) is 11.7 Å². The molecule has 0 saturated heterocycles. The van der Waals surface area contributed by atoms with Gasteiger partial charge in [0.1, 0.15) is 6.10 Å². The van der Waals surface area contributed by atoms with Crippen LogP contribution in [0, 0.1) is 0 Å². The van der Waals surface area contributed by atoms with Gasteiger partial charge in [-0.05, 0) is 16.7 Å². The topological polar surface area (TPSA) is 63.6 Å². The second-order valence-electron chi connectivity index (χ2n) is 7.33. The molecule has 0 fully saturated rings. The molecule has 0 aliphatic heterocycles. The largest absolute Gasteiger partial charge is 0.380 e. The van der Waals surface area contributed by atoms with E-state index in [1.54, 1.807) is 55.6 Å². The highest BCUT2D eigenvalue weighted by atomic mass is 16.5. The van der Waals surface area contributed by atoms with Crippen LogP contribution in [0.5, 0.6) is 0 Å². The Morgan fingerprint density at radius 1 is 0.727 bits per heavy atom. The van der Waals surface area contributed by atoms with Crippen molar-refractivity contribution in [2.24, 2.45) is 0 Å². The number of carbonyl (C=O) groups is 2. The summed E-state index contributed by atoms with van der Waals surface area (Å²) in [5, 5.41) is 9.89. The lowest BCUT2D eigenvalue weighted by molar-refractivity contribution is -0.124. The number of hydrogen-bond acceptors (Lipinski definition) is 4. The van der Waals surface area contributed by atoms with Crippen LogP contribution in [0.4, 0.5) is 0 Å². The molecule has 33 heavy (non-hydrogen) atoms. The SMILES string of the molecule is COC(C=O)(c1ccccc1)c1ccccc1.O=C(c1ccccc1)C(O)c1ccccc1. The van der Waals surface area contributed by atoms with Gasteiger partial charge in [0.2, 0.25) is 0 Å². The van der Waals surface area contributed by atoms with Gasteiger partial charge >= 0.3 is 0 Å². The molecule has 4 heteroatoms. The number of Topliss-reactive ketones (excluding diaryl/α,β-unsaturated/α-hetero) is 1. The Hall–Kier alpha value is -3.86. The molecule has 0 amide bonds. The summed E-state index contributed by atoms with van der Waals surface area (Å²) in [5.41, 5.74) is 1.81. The lowest BCUT2D eigenvalue weighted by Gasteiger charge is -2.27. The van der Waals surface area contributed by atoms with Crippen LogP contribution in [-0.4, -0.2) is 24.3 Å². The van der Waals surface area contributed by atoms with Crippen LogP contribution in [0.3, 0.4) is 0 Å². The molecular formula is C29H26O4. The van der Waals surface area contributed by atoms with Crippen molar-refractivity contribution in [3.05, 3.63) is 144 Å². The van der Waals surface area contributed by atoms with E-state index in [9.17, 15) is 14.7 Å². The summed E-state index contributed by atoms with van der Waals surface area (Å²) in [6.45, 7) is 0. The first-order chi connectivity index (χ1) is 16.1. The Balaban J connectivity index is 0.000000186. The Kier molecular flexibility index (Phi) is 8.42. The number of aliphatic hydroxyl groups is 1. The van der Waals surface area contributed by atoms with Gasteiger partial charge in [-0.15, -0.1) is 0 Å². The van der Waals surface area contributed by atoms with Gasteiger partial charge in [-0.2, -0.15) is 0 Å². The summed E-state index contributed by atoms with van der Waals surface area (Å²) < 4.78 is 5.49. The highest BCUT2D eigenvalue weighted by Crippen LogP contribution is 2.30. The number of aliphatic hydroxyl groups excluding tert-OH is 1. The molecule has 4 aromatic rings. The van der Waals surface area contributed by atoms with Gasteiger partial charge in [0.05, 0.1) is 0 Å². The molecule has 0 radical (unpaired) electrons. The maximum atomic E-state index is 11.9. The van der Waals surface area contributed by atoms with Gasteiger partial charge in [0, 0.05) is 12.7 Å². The van der Waals surface area contributed by atoms with E-state index in [2.05, 4.69) is 0 Å². The first-order valence-electron chi connectivity index (χ1n) is 10.6. The second kappa shape index (κ2) is 11.7. The average molecular weight is 439 g/mol. The first kappa shape index (κ1) is 23.8. The van der Waals surface area contributed by atoms with Gasteiger partial charge in [-0.25, -0.2) is 0 Å². The maximum absolute atomic E-state index is 11.9. The maximum Gasteiger partial charge on any atom is 0.195 e. The van der Waals surface area contributed by atoms with E-state index in [1.807, 2.05) is 72.8 Å². The van der Waals surface area contributed by atoms with E-state index in [-0.39, 0.29) is 5.78 Å². The predicted octanol–water partition coefficient (Wildman–Crippen LogP) is 5.38. The van der Waals surface area contributed by atoms with Gasteiger partial charge in [0.25, 0.3) is 0 Å². The van der Waals surface area contributed by atoms with E-state index in [4.69, 9.17) is 4.74 Å². The lowest BCUT2D eigenvalue weighted by atomic mass is 9.87. The third-order valence-electron chi connectivity index (χ3n) is 5.32. The number of carbonyl (C=O) groups excluding carboxylic acids is 2. The van der Waals surface area contributed by atoms with Crippen molar-refractivity contribution in [1.82, 2.24) is 0 Å². The molecule has 4 aromatic carbocycles.